The number of hydrogen-bond acceptors (Lipinski definition) is 3. The second-order valence-corrected chi connectivity index (χ2v) is 15.0. The van der Waals surface area contributed by atoms with Crippen molar-refractivity contribution >= 4 is 48.7 Å². The zero-order valence-electron chi connectivity index (χ0n) is 28.7. The number of para-hydroxylation sites is 3. The van der Waals surface area contributed by atoms with Crippen molar-refractivity contribution in [2.75, 3.05) is 4.90 Å². The predicted octanol–water partition coefficient (Wildman–Crippen LogP) is 12.4. The zero-order chi connectivity index (χ0) is 35.8. The van der Waals surface area contributed by atoms with Gasteiger partial charge in [0, 0.05) is 33.5 Å². The molecule has 0 aliphatic carbocycles. The molecule has 5 heteroatoms. The van der Waals surface area contributed by atoms with E-state index in [0.717, 1.165) is 56.0 Å². The molecule has 0 spiro atoms. The van der Waals surface area contributed by atoms with Gasteiger partial charge in [0.2, 0.25) is 9.84 Å². The molecule has 0 bridgehead atoms. The molecule has 0 saturated carbocycles. The van der Waals surface area contributed by atoms with E-state index in [4.69, 9.17) is 0 Å². The van der Waals surface area contributed by atoms with Gasteiger partial charge in [0.25, 0.3) is 0 Å². The number of hydrogen-bond donors (Lipinski definition) is 0. The maximum absolute atomic E-state index is 13.0. The third-order valence-corrected chi connectivity index (χ3v) is 11.6. The Morgan fingerprint density at radius 2 is 0.792 bits per heavy atom. The fraction of sp³-hybridized carbons (Fsp3) is 0. The summed E-state index contributed by atoms with van der Waals surface area (Å²) in [7, 11) is -3.56. The summed E-state index contributed by atoms with van der Waals surface area (Å²) in [5.74, 6) is 0. The van der Waals surface area contributed by atoms with Gasteiger partial charge in [0.1, 0.15) is 0 Å². The van der Waals surface area contributed by atoms with E-state index in [-0.39, 0.29) is 4.90 Å². The summed E-state index contributed by atoms with van der Waals surface area (Å²) < 4.78 is 28.4. The number of rotatable bonds is 8. The molecule has 8 aromatic carbocycles. The number of fused-ring (bicyclic) bond motifs is 3. The molecule has 0 radical (unpaired) electrons. The second-order valence-electron chi connectivity index (χ2n) is 13.0. The SMILES string of the molecule is O=S(=O)(c1ccccc1)c1ccc(-c2ccc(-c3ccc(-n4c5ccccc5c5cc(N(c6ccccc6)c6ccccc6)ccc54)cc3)cc2)cc1. The van der Waals surface area contributed by atoms with Gasteiger partial charge in [-0.25, -0.2) is 8.42 Å². The summed E-state index contributed by atoms with van der Waals surface area (Å²) in [5, 5.41) is 2.40. The monoisotopic (exact) mass is 702 g/mol. The standard InChI is InChI=1S/C48H34N2O2S/c51-53(52,43-16-8-3-9-17-43)44-31-26-38(27-32-44)36-22-20-35(21-23-36)37-24-28-41(29-25-37)50-47-19-11-10-18-45(47)46-34-42(30-33-48(46)50)49(39-12-4-1-5-13-39)40-14-6-2-7-15-40/h1-34H. The first-order valence-electron chi connectivity index (χ1n) is 17.6. The predicted molar refractivity (Wildman–Crippen MR) is 218 cm³/mol. The molecule has 254 valence electrons. The first kappa shape index (κ1) is 32.2. The lowest BCUT2D eigenvalue weighted by Gasteiger charge is -2.25. The van der Waals surface area contributed by atoms with Crippen molar-refractivity contribution in [1.82, 2.24) is 4.57 Å². The molecule has 0 atom stereocenters. The minimum atomic E-state index is -3.56. The van der Waals surface area contributed by atoms with Crippen molar-refractivity contribution in [3.05, 3.63) is 206 Å². The number of nitrogens with zero attached hydrogens (tertiary/aromatic N) is 2. The van der Waals surface area contributed by atoms with Crippen LogP contribution < -0.4 is 4.90 Å². The smallest absolute Gasteiger partial charge is 0.206 e. The molecule has 0 saturated heterocycles. The van der Waals surface area contributed by atoms with E-state index in [9.17, 15) is 8.42 Å². The Morgan fingerprint density at radius 3 is 1.36 bits per heavy atom. The van der Waals surface area contributed by atoms with Crippen LogP contribution >= 0.6 is 0 Å². The van der Waals surface area contributed by atoms with Gasteiger partial charge in [-0.15, -0.1) is 0 Å². The van der Waals surface area contributed by atoms with Gasteiger partial charge in [0.15, 0.2) is 0 Å². The Labute approximate surface area is 309 Å². The minimum absolute atomic E-state index is 0.286. The Kier molecular flexibility index (Phi) is 8.18. The van der Waals surface area contributed by atoms with Crippen LogP contribution in [0.3, 0.4) is 0 Å². The highest BCUT2D eigenvalue weighted by Gasteiger charge is 2.18. The number of benzene rings is 8. The Balaban J connectivity index is 1.02. The third kappa shape index (κ3) is 5.97. The zero-order valence-corrected chi connectivity index (χ0v) is 29.6. The lowest BCUT2D eigenvalue weighted by molar-refractivity contribution is 0.596. The van der Waals surface area contributed by atoms with Gasteiger partial charge in [-0.1, -0.05) is 121 Å². The van der Waals surface area contributed by atoms with Crippen molar-refractivity contribution in [3.8, 4) is 27.9 Å². The van der Waals surface area contributed by atoms with Crippen LogP contribution in [0.5, 0.6) is 0 Å². The molecule has 53 heavy (non-hydrogen) atoms. The molecule has 0 N–H and O–H groups in total. The highest BCUT2D eigenvalue weighted by Crippen LogP contribution is 2.40. The van der Waals surface area contributed by atoms with Gasteiger partial charge in [-0.2, -0.15) is 0 Å². The van der Waals surface area contributed by atoms with E-state index >= 15 is 0 Å². The Hall–Kier alpha value is -6.69. The summed E-state index contributed by atoms with van der Waals surface area (Å²) in [6, 6.07) is 69.2. The van der Waals surface area contributed by atoms with Gasteiger partial charge < -0.3 is 9.47 Å². The van der Waals surface area contributed by atoms with E-state index in [1.165, 1.54) is 10.8 Å². The number of anilines is 3. The molecule has 1 aromatic heterocycles. The van der Waals surface area contributed by atoms with Crippen LogP contribution in [0.1, 0.15) is 0 Å². The molecule has 1 heterocycles. The van der Waals surface area contributed by atoms with E-state index in [2.05, 4.69) is 149 Å². The van der Waals surface area contributed by atoms with Gasteiger partial charge >= 0.3 is 0 Å². The molecular weight excluding hydrogens is 669 g/mol. The lowest BCUT2D eigenvalue weighted by atomic mass is 10.0. The first-order chi connectivity index (χ1) is 26.0. The second kappa shape index (κ2) is 13.5. The molecule has 9 rings (SSSR count). The summed E-state index contributed by atoms with van der Waals surface area (Å²) >= 11 is 0. The molecule has 0 amide bonds. The van der Waals surface area contributed by atoms with Crippen molar-refractivity contribution in [1.29, 1.82) is 0 Å². The fourth-order valence-corrected chi connectivity index (χ4v) is 8.48. The summed E-state index contributed by atoms with van der Waals surface area (Å²) in [6.45, 7) is 0. The maximum atomic E-state index is 13.0. The van der Waals surface area contributed by atoms with Crippen molar-refractivity contribution in [2.45, 2.75) is 9.79 Å². The van der Waals surface area contributed by atoms with Crippen molar-refractivity contribution in [3.63, 3.8) is 0 Å². The first-order valence-corrected chi connectivity index (χ1v) is 19.1. The Bertz CT molecular complexity index is 2760. The van der Waals surface area contributed by atoms with Crippen LogP contribution in [0.2, 0.25) is 0 Å². The maximum Gasteiger partial charge on any atom is 0.206 e. The summed E-state index contributed by atoms with van der Waals surface area (Å²) in [6.07, 6.45) is 0. The van der Waals surface area contributed by atoms with Crippen LogP contribution in [0.25, 0.3) is 49.7 Å². The fourth-order valence-electron chi connectivity index (χ4n) is 7.20. The van der Waals surface area contributed by atoms with Gasteiger partial charge in [0.05, 0.1) is 20.8 Å². The molecule has 0 aliphatic heterocycles. The summed E-state index contributed by atoms with van der Waals surface area (Å²) in [5.41, 5.74) is 10.9. The van der Waals surface area contributed by atoms with Crippen LogP contribution in [0.4, 0.5) is 17.1 Å². The van der Waals surface area contributed by atoms with Gasteiger partial charge in [-0.3, -0.25) is 0 Å². The van der Waals surface area contributed by atoms with Crippen LogP contribution in [-0.4, -0.2) is 13.0 Å². The normalized spacial score (nSPS) is 11.5. The van der Waals surface area contributed by atoms with E-state index in [1.54, 1.807) is 36.4 Å². The average Bonchev–Trinajstić information content (AvgIpc) is 3.56. The van der Waals surface area contributed by atoms with E-state index < -0.39 is 9.84 Å². The molecule has 0 fully saturated rings. The lowest BCUT2D eigenvalue weighted by Crippen LogP contribution is -2.09. The molecule has 0 unspecified atom stereocenters. The van der Waals surface area contributed by atoms with Crippen LogP contribution in [-0.2, 0) is 9.84 Å². The molecule has 0 aliphatic rings. The number of aromatic nitrogens is 1. The Morgan fingerprint density at radius 1 is 0.358 bits per heavy atom. The largest absolute Gasteiger partial charge is 0.310 e. The molecule has 9 aromatic rings. The summed E-state index contributed by atoms with van der Waals surface area (Å²) in [4.78, 5) is 2.88. The van der Waals surface area contributed by atoms with E-state index in [1.807, 2.05) is 30.3 Å². The highest BCUT2D eigenvalue weighted by atomic mass is 32.2. The topological polar surface area (TPSA) is 42.3 Å². The van der Waals surface area contributed by atoms with Gasteiger partial charge in [-0.05, 0) is 107 Å². The molecule has 4 nitrogen and oxygen atoms in total. The van der Waals surface area contributed by atoms with Crippen LogP contribution in [0.15, 0.2) is 216 Å². The quantitative estimate of drug-likeness (QED) is 0.158. The highest BCUT2D eigenvalue weighted by molar-refractivity contribution is 7.91. The van der Waals surface area contributed by atoms with Crippen molar-refractivity contribution < 1.29 is 8.42 Å². The average molecular weight is 703 g/mol. The third-order valence-electron chi connectivity index (χ3n) is 9.84. The minimum Gasteiger partial charge on any atom is -0.310 e. The molecular formula is C48H34N2O2S. The number of sulfone groups is 1. The van der Waals surface area contributed by atoms with Crippen LogP contribution in [0, 0.1) is 0 Å². The van der Waals surface area contributed by atoms with Crippen molar-refractivity contribution in [2.24, 2.45) is 0 Å². The van der Waals surface area contributed by atoms with E-state index in [0.29, 0.717) is 4.90 Å².